The van der Waals surface area contributed by atoms with E-state index < -0.39 is 11.0 Å². The Kier molecular flexibility index (Phi) is 3.87. The largest absolute Gasteiger partial charge is 0.378 e. The zero-order valence-electron chi connectivity index (χ0n) is 9.18. The molecule has 0 amide bonds. The summed E-state index contributed by atoms with van der Waals surface area (Å²) in [6.45, 7) is 3.21. The van der Waals surface area contributed by atoms with Crippen molar-refractivity contribution in [3.63, 3.8) is 0 Å². The summed E-state index contributed by atoms with van der Waals surface area (Å²) in [5.74, 6) is 0.917. The van der Waals surface area contributed by atoms with Crippen LogP contribution in [0.1, 0.15) is 0 Å². The van der Waals surface area contributed by atoms with Gasteiger partial charge in [0.05, 0.1) is 18.1 Å². The lowest BCUT2D eigenvalue weighted by Crippen LogP contribution is -2.36. The van der Waals surface area contributed by atoms with Crippen LogP contribution in [-0.4, -0.2) is 42.5 Å². The quantitative estimate of drug-likeness (QED) is 0.819. The van der Waals surface area contributed by atoms with Crippen molar-refractivity contribution in [3.8, 4) is 0 Å². The lowest BCUT2D eigenvalue weighted by atomic mass is 10.4. The molecule has 1 aliphatic heterocycles. The number of aromatic nitrogens is 1. The minimum Gasteiger partial charge on any atom is -0.378 e. The first kappa shape index (κ1) is 11.5. The van der Waals surface area contributed by atoms with Gasteiger partial charge < -0.3 is 9.64 Å². The van der Waals surface area contributed by atoms with E-state index >= 15 is 0 Å². The Bertz CT molecular complexity index is 363. The summed E-state index contributed by atoms with van der Waals surface area (Å²) >= 11 is 0. The molecular formula is C10H15N3O2S. The number of ether oxygens (including phenoxy) is 1. The van der Waals surface area contributed by atoms with Gasteiger partial charge in [0.1, 0.15) is 16.8 Å². The van der Waals surface area contributed by atoms with Crippen LogP contribution in [0.5, 0.6) is 0 Å². The molecule has 1 N–H and O–H groups in total. The smallest absolute Gasteiger partial charge is 0.128 e. The highest BCUT2D eigenvalue weighted by Crippen LogP contribution is 2.14. The Labute approximate surface area is 97.4 Å². The van der Waals surface area contributed by atoms with E-state index in [-0.39, 0.29) is 0 Å². The molecule has 0 radical (unpaired) electrons. The summed E-state index contributed by atoms with van der Waals surface area (Å²) in [6, 6.07) is 3.74. The fraction of sp³-hybridized carbons (Fsp3) is 0.500. The van der Waals surface area contributed by atoms with Crippen LogP contribution in [0.15, 0.2) is 23.2 Å². The highest BCUT2D eigenvalue weighted by Gasteiger charge is 2.12. The highest BCUT2D eigenvalue weighted by atomic mass is 32.2. The minimum atomic E-state index is -1.16. The Hall–Kier alpha value is -0.980. The second kappa shape index (κ2) is 5.38. The van der Waals surface area contributed by atoms with Crippen LogP contribution in [0, 0.1) is 0 Å². The third-order valence-electron chi connectivity index (χ3n) is 2.46. The standard InChI is InChI=1S/C10H15N3O2S/c1-11-16(14)9-2-3-10(12-8-9)13-4-6-15-7-5-13/h2-3,8,11H,4-7H2,1H3. The highest BCUT2D eigenvalue weighted by molar-refractivity contribution is 7.83. The topological polar surface area (TPSA) is 54.5 Å². The average Bonchev–Trinajstić information content (AvgIpc) is 2.39. The Morgan fingerprint density at radius 3 is 2.75 bits per heavy atom. The summed E-state index contributed by atoms with van der Waals surface area (Å²) in [5.41, 5.74) is 0. The maximum atomic E-state index is 11.4. The molecule has 0 spiro atoms. The van der Waals surface area contributed by atoms with Crippen LogP contribution < -0.4 is 9.62 Å². The fourth-order valence-electron chi connectivity index (χ4n) is 1.58. The Balaban J connectivity index is 2.09. The maximum Gasteiger partial charge on any atom is 0.128 e. The van der Waals surface area contributed by atoms with Gasteiger partial charge in [-0.3, -0.25) is 0 Å². The molecule has 1 saturated heterocycles. The molecule has 0 aromatic carbocycles. The van der Waals surface area contributed by atoms with E-state index in [1.807, 2.05) is 12.1 Å². The van der Waals surface area contributed by atoms with Crippen LogP contribution in [-0.2, 0) is 15.7 Å². The molecule has 1 unspecified atom stereocenters. The van der Waals surface area contributed by atoms with Gasteiger partial charge in [0.2, 0.25) is 0 Å². The first-order valence-corrected chi connectivity index (χ1v) is 6.34. The lowest BCUT2D eigenvalue weighted by Gasteiger charge is -2.27. The summed E-state index contributed by atoms with van der Waals surface area (Å²) in [4.78, 5) is 7.16. The van der Waals surface area contributed by atoms with E-state index in [1.54, 1.807) is 13.2 Å². The minimum absolute atomic E-state index is 0.694. The molecule has 0 bridgehead atoms. The second-order valence-corrected chi connectivity index (χ2v) is 4.84. The molecule has 5 nitrogen and oxygen atoms in total. The first-order valence-electron chi connectivity index (χ1n) is 5.19. The SMILES string of the molecule is CNS(=O)c1ccc(N2CCOCC2)nc1. The molecule has 1 fully saturated rings. The number of pyridine rings is 1. The second-order valence-electron chi connectivity index (χ2n) is 3.42. The average molecular weight is 241 g/mol. The van der Waals surface area contributed by atoms with Gasteiger partial charge in [-0.2, -0.15) is 0 Å². The van der Waals surface area contributed by atoms with Crippen molar-refractivity contribution in [3.05, 3.63) is 18.3 Å². The van der Waals surface area contributed by atoms with Crippen LogP contribution in [0.4, 0.5) is 5.82 Å². The van der Waals surface area contributed by atoms with E-state index in [0.29, 0.717) is 4.90 Å². The van der Waals surface area contributed by atoms with Gasteiger partial charge in [0, 0.05) is 19.3 Å². The number of hydrogen-bond acceptors (Lipinski definition) is 4. The van der Waals surface area contributed by atoms with Crippen LogP contribution in [0.2, 0.25) is 0 Å². The van der Waals surface area contributed by atoms with Gasteiger partial charge in [-0.05, 0) is 19.2 Å². The van der Waals surface area contributed by atoms with E-state index in [0.717, 1.165) is 32.1 Å². The number of nitrogens with zero attached hydrogens (tertiary/aromatic N) is 2. The van der Waals surface area contributed by atoms with Gasteiger partial charge in [0.15, 0.2) is 0 Å². The fourth-order valence-corrected chi connectivity index (χ4v) is 2.16. The molecule has 16 heavy (non-hydrogen) atoms. The predicted octanol–water partition coefficient (Wildman–Crippen LogP) is 0.160. The van der Waals surface area contributed by atoms with Crippen molar-refractivity contribution in [2.75, 3.05) is 38.3 Å². The van der Waals surface area contributed by atoms with Gasteiger partial charge >= 0.3 is 0 Å². The zero-order valence-corrected chi connectivity index (χ0v) is 10.00. The lowest BCUT2D eigenvalue weighted by molar-refractivity contribution is 0.122. The predicted molar refractivity (Wildman–Crippen MR) is 62.7 cm³/mol. The Morgan fingerprint density at radius 1 is 1.44 bits per heavy atom. The molecule has 88 valence electrons. The zero-order chi connectivity index (χ0) is 11.4. The van der Waals surface area contributed by atoms with Crippen LogP contribution in [0.3, 0.4) is 0 Å². The number of morpholine rings is 1. The third kappa shape index (κ3) is 2.58. The monoisotopic (exact) mass is 241 g/mol. The van der Waals surface area contributed by atoms with E-state index in [1.165, 1.54) is 0 Å². The van der Waals surface area contributed by atoms with Crippen molar-refractivity contribution < 1.29 is 8.95 Å². The maximum absolute atomic E-state index is 11.4. The van der Waals surface area contributed by atoms with Crippen molar-refractivity contribution in [2.24, 2.45) is 0 Å². The van der Waals surface area contributed by atoms with E-state index in [9.17, 15) is 4.21 Å². The molecule has 1 aromatic heterocycles. The molecule has 1 aliphatic rings. The van der Waals surface area contributed by atoms with Gasteiger partial charge in [-0.25, -0.2) is 13.9 Å². The normalized spacial score (nSPS) is 18.4. The van der Waals surface area contributed by atoms with Crippen molar-refractivity contribution >= 4 is 16.8 Å². The van der Waals surface area contributed by atoms with Gasteiger partial charge in [-0.1, -0.05) is 0 Å². The molecule has 0 saturated carbocycles. The van der Waals surface area contributed by atoms with Crippen molar-refractivity contribution in [2.45, 2.75) is 4.90 Å². The number of hydrogen-bond donors (Lipinski definition) is 1. The van der Waals surface area contributed by atoms with E-state index in [2.05, 4.69) is 14.6 Å². The summed E-state index contributed by atoms with van der Waals surface area (Å²) in [5, 5.41) is 0. The third-order valence-corrected chi connectivity index (χ3v) is 3.50. The summed E-state index contributed by atoms with van der Waals surface area (Å²) in [7, 11) is 0.499. The van der Waals surface area contributed by atoms with Crippen LogP contribution >= 0.6 is 0 Å². The molecule has 0 aliphatic carbocycles. The van der Waals surface area contributed by atoms with Gasteiger partial charge in [0.25, 0.3) is 0 Å². The molecule has 2 heterocycles. The molecular weight excluding hydrogens is 226 g/mol. The molecule has 2 rings (SSSR count). The molecule has 1 aromatic rings. The Morgan fingerprint density at radius 2 is 2.19 bits per heavy atom. The van der Waals surface area contributed by atoms with Gasteiger partial charge in [-0.15, -0.1) is 0 Å². The summed E-state index contributed by atoms with van der Waals surface area (Å²) in [6.07, 6.45) is 1.65. The number of nitrogens with one attached hydrogen (secondary N) is 1. The van der Waals surface area contributed by atoms with Crippen LogP contribution in [0.25, 0.3) is 0 Å². The first-order chi connectivity index (χ1) is 7.81. The number of rotatable bonds is 3. The molecule has 1 atom stereocenters. The van der Waals surface area contributed by atoms with E-state index in [4.69, 9.17) is 4.74 Å². The molecule has 6 heteroatoms. The summed E-state index contributed by atoms with van der Waals surface area (Å²) < 4.78 is 19.4. The van der Waals surface area contributed by atoms with Crippen molar-refractivity contribution in [1.29, 1.82) is 0 Å². The number of anilines is 1. The van der Waals surface area contributed by atoms with Crippen molar-refractivity contribution in [1.82, 2.24) is 9.71 Å².